The van der Waals surface area contributed by atoms with Crippen molar-refractivity contribution in [3.8, 4) is 0 Å². The van der Waals surface area contributed by atoms with Gasteiger partial charge in [0.2, 0.25) is 5.91 Å². The monoisotopic (exact) mass is 364 g/mol. The number of rotatable bonds is 5. The second kappa shape index (κ2) is 7.33. The number of nitrogen functional groups attached to an aromatic ring is 1. The quantitative estimate of drug-likeness (QED) is 0.602. The topological polar surface area (TPSA) is 112 Å². The molecular formula is C20H20N4O3. The van der Waals surface area contributed by atoms with Crippen LogP contribution >= 0.6 is 0 Å². The first-order chi connectivity index (χ1) is 12.9. The molecular weight excluding hydrogens is 344 g/mol. The van der Waals surface area contributed by atoms with Gasteiger partial charge in [0.1, 0.15) is 5.82 Å². The molecule has 0 saturated heterocycles. The predicted molar refractivity (Wildman–Crippen MR) is 104 cm³/mol. The standard InChI is InChI=1S/C20H20N4O3/c1-12(16-11-23-19-14(16)4-3-5-15(19)20(26)27)24(2)18(25)9-7-13-6-8-17(21)22-10-13/h3-12,23H,1-2H3,(H2,21,22)(H,26,27)/b9-7+. The summed E-state index contributed by atoms with van der Waals surface area (Å²) in [6.45, 7) is 1.90. The number of fused-ring (bicyclic) bond motifs is 1. The van der Waals surface area contributed by atoms with Crippen molar-refractivity contribution < 1.29 is 14.7 Å². The normalized spacial score (nSPS) is 12.4. The number of H-pyrrole nitrogens is 1. The van der Waals surface area contributed by atoms with Gasteiger partial charge in [0.25, 0.3) is 0 Å². The lowest BCUT2D eigenvalue weighted by Crippen LogP contribution is -2.27. The summed E-state index contributed by atoms with van der Waals surface area (Å²) in [5.74, 6) is -0.751. The number of amides is 1. The molecule has 3 rings (SSSR count). The zero-order valence-electron chi connectivity index (χ0n) is 15.0. The van der Waals surface area contributed by atoms with Crippen LogP contribution in [0.3, 0.4) is 0 Å². The van der Waals surface area contributed by atoms with Crippen molar-refractivity contribution in [3.63, 3.8) is 0 Å². The van der Waals surface area contributed by atoms with E-state index in [1.165, 1.54) is 6.08 Å². The number of hydrogen-bond acceptors (Lipinski definition) is 4. The number of carboxylic acids is 1. The van der Waals surface area contributed by atoms with Crippen LogP contribution in [0.5, 0.6) is 0 Å². The summed E-state index contributed by atoms with van der Waals surface area (Å²) in [4.78, 5) is 32.5. The van der Waals surface area contributed by atoms with Gasteiger partial charge >= 0.3 is 5.97 Å². The predicted octanol–water partition coefficient (Wildman–Crippen LogP) is 3.08. The number of benzene rings is 1. The number of likely N-dealkylation sites (N-methyl/N-ethyl adjacent to an activating group) is 1. The molecule has 1 aromatic carbocycles. The zero-order chi connectivity index (χ0) is 19.6. The highest BCUT2D eigenvalue weighted by atomic mass is 16.4. The molecule has 138 valence electrons. The fourth-order valence-corrected chi connectivity index (χ4v) is 2.90. The lowest BCUT2D eigenvalue weighted by Gasteiger charge is -2.23. The number of para-hydroxylation sites is 1. The third kappa shape index (κ3) is 3.67. The van der Waals surface area contributed by atoms with Gasteiger partial charge in [-0.05, 0) is 42.3 Å². The number of nitrogens with zero attached hydrogens (tertiary/aromatic N) is 2. The number of carbonyl (C=O) groups is 2. The first-order valence-electron chi connectivity index (χ1n) is 8.38. The van der Waals surface area contributed by atoms with E-state index in [1.54, 1.807) is 54.7 Å². The first kappa shape index (κ1) is 18.2. The summed E-state index contributed by atoms with van der Waals surface area (Å²) in [7, 11) is 1.71. The highest BCUT2D eigenvalue weighted by Crippen LogP contribution is 2.29. The second-order valence-corrected chi connectivity index (χ2v) is 6.25. The van der Waals surface area contributed by atoms with Crippen molar-refractivity contribution in [2.24, 2.45) is 0 Å². The Morgan fingerprint density at radius 2 is 2.07 bits per heavy atom. The second-order valence-electron chi connectivity index (χ2n) is 6.25. The molecule has 0 aliphatic heterocycles. The Labute approximate surface area is 156 Å². The van der Waals surface area contributed by atoms with Crippen LogP contribution in [-0.2, 0) is 4.79 Å². The smallest absolute Gasteiger partial charge is 0.337 e. The number of aromatic carboxylic acids is 1. The van der Waals surface area contributed by atoms with E-state index in [4.69, 9.17) is 5.73 Å². The molecule has 27 heavy (non-hydrogen) atoms. The summed E-state index contributed by atoms with van der Waals surface area (Å²) >= 11 is 0. The summed E-state index contributed by atoms with van der Waals surface area (Å²) in [6.07, 6.45) is 6.49. The summed E-state index contributed by atoms with van der Waals surface area (Å²) in [5, 5.41) is 10.1. The molecule has 4 N–H and O–H groups in total. The molecule has 1 unspecified atom stereocenters. The van der Waals surface area contributed by atoms with Gasteiger partial charge in [-0.3, -0.25) is 4.79 Å². The highest BCUT2D eigenvalue weighted by Gasteiger charge is 2.20. The third-order valence-electron chi connectivity index (χ3n) is 4.58. The fourth-order valence-electron chi connectivity index (χ4n) is 2.90. The molecule has 0 aliphatic carbocycles. The number of nitrogens with two attached hydrogens (primary N) is 1. The van der Waals surface area contributed by atoms with Crippen molar-refractivity contribution in [3.05, 3.63) is 65.5 Å². The van der Waals surface area contributed by atoms with E-state index in [0.717, 1.165) is 16.5 Å². The minimum absolute atomic E-state index is 0.178. The number of anilines is 1. The average molecular weight is 364 g/mol. The van der Waals surface area contributed by atoms with Gasteiger partial charge < -0.3 is 20.7 Å². The molecule has 0 aliphatic rings. The number of aromatic amines is 1. The molecule has 7 heteroatoms. The van der Waals surface area contributed by atoms with Crippen molar-refractivity contribution in [2.75, 3.05) is 12.8 Å². The Bertz CT molecular complexity index is 1020. The number of pyridine rings is 1. The van der Waals surface area contributed by atoms with E-state index in [9.17, 15) is 14.7 Å². The van der Waals surface area contributed by atoms with Crippen LogP contribution < -0.4 is 5.73 Å². The van der Waals surface area contributed by atoms with E-state index < -0.39 is 5.97 Å². The summed E-state index contributed by atoms with van der Waals surface area (Å²) in [5.41, 5.74) is 7.93. The van der Waals surface area contributed by atoms with E-state index in [1.807, 2.05) is 13.0 Å². The van der Waals surface area contributed by atoms with E-state index in [0.29, 0.717) is 11.3 Å². The molecule has 1 amide bonds. The van der Waals surface area contributed by atoms with Gasteiger partial charge in [-0.15, -0.1) is 0 Å². The van der Waals surface area contributed by atoms with Crippen LogP contribution in [0.15, 0.2) is 48.8 Å². The lowest BCUT2D eigenvalue weighted by molar-refractivity contribution is -0.126. The molecule has 0 fully saturated rings. The third-order valence-corrected chi connectivity index (χ3v) is 4.58. The number of aromatic nitrogens is 2. The Morgan fingerprint density at radius 3 is 2.74 bits per heavy atom. The van der Waals surface area contributed by atoms with Crippen LogP contribution in [0.1, 0.15) is 34.5 Å². The van der Waals surface area contributed by atoms with Crippen LogP contribution in [0.2, 0.25) is 0 Å². The van der Waals surface area contributed by atoms with Crippen molar-refractivity contribution in [1.29, 1.82) is 0 Å². The van der Waals surface area contributed by atoms with E-state index >= 15 is 0 Å². The van der Waals surface area contributed by atoms with Crippen molar-refractivity contribution >= 4 is 34.7 Å². The summed E-state index contributed by atoms with van der Waals surface area (Å²) in [6, 6.07) is 8.30. The maximum absolute atomic E-state index is 12.5. The zero-order valence-corrected chi connectivity index (χ0v) is 15.0. The summed E-state index contributed by atoms with van der Waals surface area (Å²) < 4.78 is 0. The minimum atomic E-state index is -0.994. The van der Waals surface area contributed by atoms with Crippen molar-refractivity contribution in [1.82, 2.24) is 14.9 Å². The van der Waals surface area contributed by atoms with Crippen LogP contribution in [0.25, 0.3) is 17.0 Å². The number of carboxylic acid groups (broad SMARTS) is 1. The molecule has 1 atom stereocenters. The Balaban J connectivity index is 1.82. The van der Waals surface area contributed by atoms with Gasteiger partial charge in [-0.25, -0.2) is 9.78 Å². The van der Waals surface area contributed by atoms with Crippen LogP contribution in [0.4, 0.5) is 5.82 Å². The van der Waals surface area contributed by atoms with Crippen LogP contribution in [0, 0.1) is 0 Å². The molecule has 0 bridgehead atoms. The largest absolute Gasteiger partial charge is 0.478 e. The Kier molecular flexibility index (Phi) is 4.94. The highest BCUT2D eigenvalue weighted by molar-refractivity contribution is 6.03. The maximum Gasteiger partial charge on any atom is 0.337 e. The van der Waals surface area contributed by atoms with Gasteiger partial charge in [0.05, 0.1) is 17.1 Å². The Hall–Kier alpha value is -3.61. The number of carbonyl (C=O) groups excluding carboxylic acids is 1. The molecule has 2 aromatic heterocycles. The van der Waals surface area contributed by atoms with E-state index in [2.05, 4.69) is 9.97 Å². The minimum Gasteiger partial charge on any atom is -0.478 e. The Morgan fingerprint density at radius 1 is 1.30 bits per heavy atom. The average Bonchev–Trinajstić information content (AvgIpc) is 3.10. The molecule has 0 saturated carbocycles. The molecule has 0 spiro atoms. The lowest BCUT2D eigenvalue weighted by atomic mass is 10.0. The SMILES string of the molecule is CC(c1c[nH]c2c(C(=O)O)cccc12)N(C)C(=O)/C=C/c1ccc(N)nc1. The molecule has 3 aromatic rings. The maximum atomic E-state index is 12.5. The van der Waals surface area contributed by atoms with Gasteiger partial charge in [-0.2, -0.15) is 0 Å². The van der Waals surface area contributed by atoms with Crippen molar-refractivity contribution in [2.45, 2.75) is 13.0 Å². The van der Waals surface area contributed by atoms with Gasteiger partial charge in [-0.1, -0.05) is 12.1 Å². The molecule has 2 heterocycles. The number of nitrogens with one attached hydrogen (secondary N) is 1. The van der Waals surface area contributed by atoms with E-state index in [-0.39, 0.29) is 17.5 Å². The van der Waals surface area contributed by atoms with Crippen LogP contribution in [-0.4, -0.2) is 38.9 Å². The molecule has 7 nitrogen and oxygen atoms in total. The first-order valence-corrected chi connectivity index (χ1v) is 8.38. The van der Waals surface area contributed by atoms with Gasteiger partial charge in [0, 0.05) is 30.9 Å². The molecule has 0 radical (unpaired) electrons. The van der Waals surface area contributed by atoms with Gasteiger partial charge in [0.15, 0.2) is 0 Å². The number of hydrogen-bond donors (Lipinski definition) is 3. The fraction of sp³-hybridized carbons (Fsp3) is 0.150.